The van der Waals surface area contributed by atoms with E-state index in [1.165, 1.54) is 180 Å². The first-order valence-electron chi connectivity index (χ1n) is 24.4. The summed E-state index contributed by atoms with van der Waals surface area (Å²) in [5.74, 6) is -0.411. The maximum Gasteiger partial charge on any atom is 0.144 e. The molecule has 312 valence electrons. The molecule has 0 aromatic heterocycles. The summed E-state index contributed by atoms with van der Waals surface area (Å²) in [4.78, 5) is 14.5. The van der Waals surface area contributed by atoms with Crippen molar-refractivity contribution in [3.63, 3.8) is 0 Å². The van der Waals surface area contributed by atoms with Gasteiger partial charge in [0.2, 0.25) is 0 Å². The molecule has 0 rings (SSSR count). The molecule has 0 saturated carbocycles. The molecule has 0 saturated heterocycles. The quantitative estimate of drug-likeness (QED) is 0.0613. The fourth-order valence-electron chi connectivity index (χ4n) is 8.40. The van der Waals surface area contributed by atoms with Crippen LogP contribution in [0, 0.1) is 11.8 Å². The summed E-state index contributed by atoms with van der Waals surface area (Å²) < 4.78 is 0. The second-order valence-electron chi connectivity index (χ2n) is 17.2. The number of aliphatic hydroxyl groups is 2. The molecule has 0 aliphatic heterocycles. The molecule has 0 amide bonds. The average Bonchev–Trinajstić information content (AvgIpc) is 3.14. The fourth-order valence-corrected chi connectivity index (χ4v) is 8.40. The van der Waals surface area contributed by atoms with Crippen molar-refractivity contribution in [3.05, 3.63) is 0 Å². The molecule has 4 unspecified atom stereocenters. The minimum absolute atomic E-state index is 0.200. The highest BCUT2D eigenvalue weighted by molar-refractivity contribution is 5.84. The molecule has 3 heteroatoms. The Balaban J connectivity index is 5.23. The number of ketones is 1. The van der Waals surface area contributed by atoms with E-state index in [1.807, 2.05) is 0 Å². The first-order chi connectivity index (χ1) is 25.5. The number of unbranched alkanes of at least 4 members (excludes halogenated alkanes) is 32. The van der Waals surface area contributed by atoms with Gasteiger partial charge in [-0.05, 0) is 25.7 Å². The van der Waals surface area contributed by atoms with Gasteiger partial charge in [-0.1, -0.05) is 259 Å². The summed E-state index contributed by atoms with van der Waals surface area (Å²) in [5, 5.41) is 23.2. The number of hydrogen-bond donors (Lipinski definition) is 2. The Hall–Kier alpha value is -0.410. The molecule has 0 bridgehead atoms. The van der Waals surface area contributed by atoms with E-state index in [4.69, 9.17) is 0 Å². The van der Waals surface area contributed by atoms with Gasteiger partial charge in [0.25, 0.3) is 0 Å². The highest BCUT2D eigenvalue weighted by Gasteiger charge is 2.35. The van der Waals surface area contributed by atoms with Crippen molar-refractivity contribution in [1.82, 2.24) is 0 Å². The van der Waals surface area contributed by atoms with Crippen molar-refractivity contribution in [2.24, 2.45) is 11.8 Å². The van der Waals surface area contributed by atoms with Gasteiger partial charge in [0, 0.05) is 11.8 Å². The maximum atomic E-state index is 14.5. The Labute approximate surface area is 328 Å². The molecular weight excluding hydrogens is 637 g/mol. The number of rotatable bonds is 44. The van der Waals surface area contributed by atoms with Gasteiger partial charge in [0.15, 0.2) is 0 Å². The van der Waals surface area contributed by atoms with Gasteiger partial charge in [0.1, 0.15) is 5.78 Å². The highest BCUT2D eigenvalue weighted by atomic mass is 16.3. The van der Waals surface area contributed by atoms with Crippen LogP contribution in [0.2, 0.25) is 0 Å². The summed E-state index contributed by atoms with van der Waals surface area (Å²) >= 11 is 0. The number of hydrogen-bond acceptors (Lipinski definition) is 3. The molecular formula is C49H98O3. The maximum absolute atomic E-state index is 14.5. The van der Waals surface area contributed by atoms with E-state index in [-0.39, 0.29) is 17.6 Å². The normalized spacial score (nSPS) is 14.1. The van der Waals surface area contributed by atoms with Crippen molar-refractivity contribution < 1.29 is 15.0 Å². The van der Waals surface area contributed by atoms with Gasteiger partial charge >= 0.3 is 0 Å². The molecule has 0 heterocycles. The third kappa shape index (κ3) is 33.0. The lowest BCUT2D eigenvalue weighted by Crippen LogP contribution is -2.38. The molecule has 0 aliphatic carbocycles. The van der Waals surface area contributed by atoms with E-state index in [1.54, 1.807) is 0 Å². The monoisotopic (exact) mass is 735 g/mol. The van der Waals surface area contributed by atoms with Crippen LogP contribution in [0.4, 0.5) is 0 Å². The summed E-state index contributed by atoms with van der Waals surface area (Å²) in [5.41, 5.74) is 0. The molecule has 0 aliphatic rings. The highest BCUT2D eigenvalue weighted by Crippen LogP contribution is 2.30. The fraction of sp³-hybridized carbons (Fsp3) is 0.980. The molecule has 0 spiro atoms. The van der Waals surface area contributed by atoms with Crippen LogP contribution in [0.3, 0.4) is 0 Å². The smallest absolute Gasteiger partial charge is 0.144 e. The number of Topliss-reactive ketones (excluding diaryl/α,β-unsaturated/α-hetero) is 1. The summed E-state index contributed by atoms with van der Waals surface area (Å²) in [7, 11) is 0. The molecule has 0 radical (unpaired) electrons. The van der Waals surface area contributed by atoms with Crippen LogP contribution in [-0.4, -0.2) is 28.2 Å². The zero-order chi connectivity index (χ0) is 38.2. The van der Waals surface area contributed by atoms with Gasteiger partial charge in [0.05, 0.1) is 12.2 Å². The van der Waals surface area contributed by atoms with Crippen LogP contribution >= 0.6 is 0 Å². The van der Waals surface area contributed by atoms with Crippen molar-refractivity contribution in [1.29, 1.82) is 0 Å². The largest absolute Gasteiger partial charge is 0.392 e. The molecule has 0 fully saturated rings. The SMILES string of the molecule is CCCCCCCCCCCC(O)C(CCCCCCCCCCC)C(=O)C(CCCCCCCCCCC)C(O)CCCCCCCCCCC. The molecule has 4 atom stereocenters. The van der Waals surface area contributed by atoms with E-state index in [2.05, 4.69) is 27.7 Å². The standard InChI is InChI=1S/C49H98O3/c1-5-9-13-17-21-25-29-33-37-41-45(47(50)43-39-35-31-27-23-19-15-11-7-3)49(52)46(42-38-34-30-26-22-18-14-10-6-2)48(51)44-40-36-32-28-24-20-16-12-8-4/h45-48,50-51H,5-44H2,1-4H3. The lowest BCUT2D eigenvalue weighted by molar-refractivity contribution is -0.135. The lowest BCUT2D eigenvalue weighted by atomic mass is 9.78. The van der Waals surface area contributed by atoms with Gasteiger partial charge in [-0.3, -0.25) is 4.79 Å². The Morgan fingerprint density at radius 3 is 0.673 bits per heavy atom. The van der Waals surface area contributed by atoms with Crippen LogP contribution in [0.5, 0.6) is 0 Å². The van der Waals surface area contributed by atoms with Gasteiger partial charge in [-0.15, -0.1) is 0 Å². The molecule has 2 N–H and O–H groups in total. The second-order valence-corrected chi connectivity index (χ2v) is 17.2. The zero-order valence-electron chi connectivity index (χ0n) is 36.4. The Morgan fingerprint density at radius 2 is 0.462 bits per heavy atom. The van der Waals surface area contributed by atoms with E-state index in [0.717, 1.165) is 77.0 Å². The van der Waals surface area contributed by atoms with Crippen LogP contribution in [0.15, 0.2) is 0 Å². The Bertz CT molecular complexity index is 636. The zero-order valence-corrected chi connectivity index (χ0v) is 36.4. The number of carbonyl (C=O) groups is 1. The molecule has 52 heavy (non-hydrogen) atoms. The second kappa shape index (κ2) is 41.7. The van der Waals surface area contributed by atoms with Gasteiger partial charge < -0.3 is 10.2 Å². The van der Waals surface area contributed by atoms with Crippen molar-refractivity contribution in [3.8, 4) is 0 Å². The third-order valence-electron chi connectivity index (χ3n) is 12.1. The van der Waals surface area contributed by atoms with Crippen LogP contribution in [0.1, 0.15) is 285 Å². The first-order valence-corrected chi connectivity index (χ1v) is 24.4. The van der Waals surface area contributed by atoms with Crippen molar-refractivity contribution in [2.45, 2.75) is 297 Å². The minimum Gasteiger partial charge on any atom is -0.392 e. The van der Waals surface area contributed by atoms with Crippen molar-refractivity contribution in [2.75, 3.05) is 0 Å². The van der Waals surface area contributed by atoms with E-state index < -0.39 is 12.2 Å². The van der Waals surface area contributed by atoms with Gasteiger partial charge in [-0.25, -0.2) is 0 Å². The van der Waals surface area contributed by atoms with Crippen LogP contribution in [0.25, 0.3) is 0 Å². The number of carbonyl (C=O) groups excluding carboxylic acids is 1. The van der Waals surface area contributed by atoms with E-state index >= 15 is 0 Å². The summed E-state index contributed by atoms with van der Waals surface area (Å²) in [6.07, 6.45) is 47.6. The lowest BCUT2D eigenvalue weighted by Gasteiger charge is -2.29. The van der Waals surface area contributed by atoms with Crippen LogP contribution in [-0.2, 0) is 4.79 Å². The van der Waals surface area contributed by atoms with E-state index in [9.17, 15) is 15.0 Å². The first kappa shape index (κ1) is 51.6. The molecule has 3 nitrogen and oxygen atoms in total. The Morgan fingerprint density at radius 1 is 0.288 bits per heavy atom. The third-order valence-corrected chi connectivity index (χ3v) is 12.1. The molecule has 0 aromatic rings. The van der Waals surface area contributed by atoms with Crippen molar-refractivity contribution >= 4 is 5.78 Å². The van der Waals surface area contributed by atoms with Crippen LogP contribution < -0.4 is 0 Å². The topological polar surface area (TPSA) is 57.5 Å². The summed E-state index contributed by atoms with van der Waals surface area (Å²) in [6.45, 7) is 9.10. The predicted molar refractivity (Wildman–Crippen MR) is 231 cm³/mol. The molecule has 0 aromatic carbocycles. The van der Waals surface area contributed by atoms with E-state index in [0.29, 0.717) is 0 Å². The number of aliphatic hydroxyl groups excluding tert-OH is 2. The summed E-state index contributed by atoms with van der Waals surface area (Å²) in [6, 6.07) is 0. The van der Waals surface area contributed by atoms with Gasteiger partial charge in [-0.2, -0.15) is 0 Å². The average molecular weight is 735 g/mol. The Kier molecular flexibility index (Phi) is 41.4. The predicted octanol–water partition coefficient (Wildman–Crippen LogP) is 16.2. The minimum atomic E-state index is -0.559.